The molecule has 116 valence electrons. The summed E-state index contributed by atoms with van der Waals surface area (Å²) in [6.45, 7) is 4.23. The molecule has 0 saturated carbocycles. The Hall–Kier alpha value is -2.88. The lowest BCUT2D eigenvalue weighted by Crippen LogP contribution is -2.11. The molecule has 0 bridgehead atoms. The van der Waals surface area contributed by atoms with E-state index in [1.54, 1.807) is 6.07 Å². The van der Waals surface area contributed by atoms with Crippen molar-refractivity contribution in [3.63, 3.8) is 0 Å². The van der Waals surface area contributed by atoms with Crippen LogP contribution in [0.15, 0.2) is 65.2 Å². The lowest BCUT2D eigenvalue weighted by Gasteiger charge is -2.08. The van der Waals surface area contributed by atoms with E-state index >= 15 is 0 Å². The van der Waals surface area contributed by atoms with Crippen molar-refractivity contribution in [1.82, 2.24) is 5.16 Å². The van der Waals surface area contributed by atoms with Crippen molar-refractivity contribution in [1.29, 1.82) is 0 Å². The summed E-state index contributed by atoms with van der Waals surface area (Å²) in [5.41, 5.74) is 3.48. The van der Waals surface area contributed by atoms with Crippen molar-refractivity contribution >= 4 is 11.6 Å². The first-order valence-electron chi connectivity index (χ1n) is 7.57. The van der Waals surface area contributed by atoms with Gasteiger partial charge in [-0.25, -0.2) is 0 Å². The number of nitrogens with one attached hydrogen (secondary N) is 1. The van der Waals surface area contributed by atoms with Gasteiger partial charge in [0.2, 0.25) is 5.76 Å². The maximum atomic E-state index is 12.3. The van der Waals surface area contributed by atoms with Crippen molar-refractivity contribution in [2.75, 3.05) is 5.32 Å². The van der Waals surface area contributed by atoms with Gasteiger partial charge in [-0.3, -0.25) is 4.79 Å². The van der Waals surface area contributed by atoms with Crippen molar-refractivity contribution in [2.24, 2.45) is 0 Å². The fourth-order valence-electron chi connectivity index (χ4n) is 2.30. The monoisotopic (exact) mass is 306 g/mol. The van der Waals surface area contributed by atoms with Gasteiger partial charge in [0.25, 0.3) is 5.91 Å². The van der Waals surface area contributed by atoms with Gasteiger partial charge in [-0.2, -0.15) is 0 Å². The fraction of sp³-hybridized carbons (Fsp3) is 0.158. The summed E-state index contributed by atoms with van der Waals surface area (Å²) >= 11 is 0. The molecule has 0 aliphatic heterocycles. The van der Waals surface area contributed by atoms with Crippen LogP contribution in [0.25, 0.3) is 11.3 Å². The molecule has 0 saturated heterocycles. The quantitative estimate of drug-likeness (QED) is 0.759. The average molecular weight is 306 g/mol. The number of hydrogen-bond donors (Lipinski definition) is 1. The largest absolute Gasteiger partial charge is 0.350 e. The smallest absolute Gasteiger partial charge is 0.294 e. The summed E-state index contributed by atoms with van der Waals surface area (Å²) in [6.07, 6.45) is 0. The standard InChI is InChI=1S/C19H18N2O2/c1-13(2)15-9-6-10-16(11-15)20-19(22)18-12-17(21-23-18)14-7-4-3-5-8-14/h3-13H,1-2H3,(H,20,22). The minimum Gasteiger partial charge on any atom is -0.350 e. The number of amides is 1. The van der Waals surface area contributed by atoms with Crippen LogP contribution in [0.2, 0.25) is 0 Å². The lowest BCUT2D eigenvalue weighted by molar-refractivity contribution is 0.0988. The van der Waals surface area contributed by atoms with Crippen molar-refractivity contribution in [3.05, 3.63) is 72.0 Å². The van der Waals surface area contributed by atoms with E-state index in [0.29, 0.717) is 11.6 Å². The molecule has 1 N–H and O–H groups in total. The third kappa shape index (κ3) is 3.48. The van der Waals surface area contributed by atoms with Crippen molar-refractivity contribution < 1.29 is 9.32 Å². The molecule has 1 amide bonds. The number of hydrogen-bond acceptors (Lipinski definition) is 3. The summed E-state index contributed by atoms with van der Waals surface area (Å²) in [6, 6.07) is 19.1. The zero-order chi connectivity index (χ0) is 16.2. The number of aromatic nitrogens is 1. The maximum absolute atomic E-state index is 12.3. The number of carbonyl (C=O) groups excluding carboxylic acids is 1. The number of carbonyl (C=O) groups is 1. The Bertz CT molecular complexity index is 807. The van der Waals surface area contributed by atoms with Gasteiger partial charge < -0.3 is 9.84 Å². The number of benzene rings is 2. The Kier molecular flexibility index (Phi) is 4.24. The molecular weight excluding hydrogens is 288 g/mol. The second kappa shape index (κ2) is 6.48. The maximum Gasteiger partial charge on any atom is 0.294 e. The van der Waals surface area contributed by atoms with Crippen LogP contribution < -0.4 is 5.32 Å². The van der Waals surface area contributed by atoms with Crippen LogP contribution in [0, 0.1) is 0 Å². The summed E-state index contributed by atoms with van der Waals surface area (Å²) in [5.74, 6) is 0.293. The molecule has 1 heterocycles. The number of nitrogens with zero attached hydrogens (tertiary/aromatic N) is 1. The number of rotatable bonds is 4. The van der Waals surface area contributed by atoms with E-state index in [4.69, 9.17) is 4.52 Å². The third-order valence-corrected chi connectivity index (χ3v) is 3.61. The van der Waals surface area contributed by atoms with Gasteiger partial charge in [-0.05, 0) is 23.6 Å². The Labute approximate surface area is 135 Å². The first-order chi connectivity index (χ1) is 11.1. The topological polar surface area (TPSA) is 55.1 Å². The summed E-state index contributed by atoms with van der Waals surface area (Å²) < 4.78 is 5.17. The predicted molar refractivity (Wildman–Crippen MR) is 90.4 cm³/mol. The molecule has 4 heteroatoms. The molecular formula is C19H18N2O2. The second-order valence-electron chi connectivity index (χ2n) is 5.68. The van der Waals surface area contributed by atoms with Crippen molar-refractivity contribution in [2.45, 2.75) is 19.8 Å². The summed E-state index contributed by atoms with van der Waals surface area (Å²) in [4.78, 5) is 12.3. The highest BCUT2D eigenvalue weighted by atomic mass is 16.5. The van der Waals surface area contributed by atoms with Gasteiger partial charge in [-0.1, -0.05) is 61.5 Å². The van der Waals surface area contributed by atoms with Crippen LogP contribution in [-0.4, -0.2) is 11.1 Å². The first-order valence-corrected chi connectivity index (χ1v) is 7.57. The van der Waals surface area contributed by atoms with E-state index in [1.807, 2.05) is 54.6 Å². The summed E-state index contributed by atoms with van der Waals surface area (Å²) in [7, 11) is 0. The molecule has 0 spiro atoms. The Morgan fingerprint density at radius 1 is 1.04 bits per heavy atom. The van der Waals surface area contributed by atoms with Gasteiger partial charge in [0.15, 0.2) is 0 Å². The minimum absolute atomic E-state index is 0.193. The molecule has 1 aromatic heterocycles. The van der Waals surface area contributed by atoms with Gasteiger partial charge >= 0.3 is 0 Å². The van der Waals surface area contributed by atoms with Gasteiger partial charge in [-0.15, -0.1) is 0 Å². The van der Waals surface area contributed by atoms with E-state index in [1.165, 1.54) is 5.56 Å². The molecule has 3 rings (SSSR count). The zero-order valence-corrected chi connectivity index (χ0v) is 13.1. The van der Waals surface area contributed by atoms with Gasteiger partial charge in [0, 0.05) is 17.3 Å². The lowest BCUT2D eigenvalue weighted by atomic mass is 10.0. The van der Waals surface area contributed by atoms with E-state index in [2.05, 4.69) is 24.3 Å². The predicted octanol–water partition coefficient (Wildman–Crippen LogP) is 4.72. The van der Waals surface area contributed by atoms with Crippen LogP contribution in [0.1, 0.15) is 35.9 Å². The molecule has 0 unspecified atom stereocenters. The van der Waals surface area contributed by atoms with E-state index < -0.39 is 0 Å². The molecule has 0 radical (unpaired) electrons. The van der Waals surface area contributed by atoms with E-state index in [-0.39, 0.29) is 11.7 Å². The second-order valence-corrected chi connectivity index (χ2v) is 5.68. The normalized spacial score (nSPS) is 10.7. The van der Waals surface area contributed by atoms with Crippen LogP contribution in [0.3, 0.4) is 0 Å². The highest BCUT2D eigenvalue weighted by Crippen LogP contribution is 2.21. The fourth-order valence-corrected chi connectivity index (χ4v) is 2.30. The Balaban J connectivity index is 1.77. The first kappa shape index (κ1) is 15.0. The highest BCUT2D eigenvalue weighted by Gasteiger charge is 2.14. The Morgan fingerprint density at radius 2 is 1.83 bits per heavy atom. The zero-order valence-electron chi connectivity index (χ0n) is 13.1. The average Bonchev–Trinajstić information content (AvgIpc) is 3.06. The molecule has 4 nitrogen and oxygen atoms in total. The minimum atomic E-state index is -0.305. The molecule has 0 aliphatic carbocycles. The number of anilines is 1. The third-order valence-electron chi connectivity index (χ3n) is 3.61. The van der Waals surface area contributed by atoms with Gasteiger partial charge in [0.05, 0.1) is 0 Å². The summed E-state index contributed by atoms with van der Waals surface area (Å²) in [5, 5.41) is 6.80. The van der Waals surface area contributed by atoms with Crippen LogP contribution in [0.4, 0.5) is 5.69 Å². The van der Waals surface area contributed by atoms with Gasteiger partial charge in [0.1, 0.15) is 5.69 Å². The molecule has 2 aromatic carbocycles. The molecule has 0 fully saturated rings. The Morgan fingerprint density at radius 3 is 2.57 bits per heavy atom. The van der Waals surface area contributed by atoms with Crippen molar-refractivity contribution in [3.8, 4) is 11.3 Å². The highest BCUT2D eigenvalue weighted by molar-refractivity contribution is 6.02. The van der Waals surface area contributed by atoms with Crippen LogP contribution in [-0.2, 0) is 0 Å². The molecule has 23 heavy (non-hydrogen) atoms. The van der Waals surface area contributed by atoms with E-state index in [0.717, 1.165) is 11.3 Å². The molecule has 0 aliphatic rings. The van der Waals surface area contributed by atoms with Crippen LogP contribution >= 0.6 is 0 Å². The molecule has 3 aromatic rings. The van der Waals surface area contributed by atoms with E-state index in [9.17, 15) is 4.79 Å². The molecule has 0 atom stereocenters. The van der Waals surface area contributed by atoms with Crippen LogP contribution in [0.5, 0.6) is 0 Å². The SMILES string of the molecule is CC(C)c1cccc(NC(=O)c2cc(-c3ccccc3)no2)c1.